The standard InChI is InChI=1S/C19H16N4O2/c1-23-11-15(17(22-23)12-6-4-3-5-7-12)18-14-9-8-13(24)10-16(14)20-19(21-18)25-2/h3-11,24H,1-2H3. The zero-order valence-corrected chi connectivity index (χ0v) is 13.8. The topological polar surface area (TPSA) is 73.1 Å². The van der Waals surface area contributed by atoms with Crippen LogP contribution in [0, 0.1) is 0 Å². The van der Waals surface area contributed by atoms with Crippen LogP contribution in [0.4, 0.5) is 0 Å². The molecule has 6 nitrogen and oxygen atoms in total. The van der Waals surface area contributed by atoms with Gasteiger partial charge < -0.3 is 9.84 Å². The number of hydrogen-bond donors (Lipinski definition) is 1. The Balaban J connectivity index is 2.03. The van der Waals surface area contributed by atoms with Crippen molar-refractivity contribution in [2.75, 3.05) is 7.11 Å². The molecule has 0 fully saturated rings. The summed E-state index contributed by atoms with van der Waals surface area (Å²) in [4.78, 5) is 8.88. The molecule has 0 amide bonds. The predicted octanol–water partition coefficient (Wildman–Crippen LogP) is 3.41. The van der Waals surface area contributed by atoms with E-state index in [2.05, 4.69) is 15.1 Å². The number of fused-ring (bicyclic) bond motifs is 1. The monoisotopic (exact) mass is 332 g/mol. The number of phenols is 1. The number of methoxy groups -OCH3 is 1. The molecule has 0 unspecified atom stereocenters. The van der Waals surface area contributed by atoms with Crippen molar-refractivity contribution in [2.24, 2.45) is 7.05 Å². The molecule has 0 aliphatic rings. The Kier molecular flexibility index (Phi) is 3.57. The molecular weight excluding hydrogens is 316 g/mol. The first-order valence-electron chi connectivity index (χ1n) is 7.80. The molecule has 0 saturated carbocycles. The Morgan fingerprint density at radius 1 is 1.00 bits per heavy atom. The van der Waals surface area contributed by atoms with E-state index in [4.69, 9.17) is 4.74 Å². The van der Waals surface area contributed by atoms with E-state index in [0.717, 1.165) is 22.2 Å². The SMILES string of the molecule is COc1nc(-c2cn(C)nc2-c2ccccc2)c2ccc(O)cc2n1. The van der Waals surface area contributed by atoms with Crippen LogP contribution in [0.1, 0.15) is 0 Å². The molecule has 25 heavy (non-hydrogen) atoms. The van der Waals surface area contributed by atoms with Crippen LogP contribution >= 0.6 is 0 Å². The normalized spacial score (nSPS) is 11.0. The summed E-state index contributed by atoms with van der Waals surface area (Å²) in [6.07, 6.45) is 1.93. The number of benzene rings is 2. The lowest BCUT2D eigenvalue weighted by Crippen LogP contribution is -1.96. The third-order valence-electron chi connectivity index (χ3n) is 3.97. The minimum atomic E-state index is 0.147. The Labute approximate surface area is 144 Å². The van der Waals surface area contributed by atoms with Crippen LogP contribution in [0.3, 0.4) is 0 Å². The first kappa shape index (κ1) is 15.1. The van der Waals surface area contributed by atoms with Gasteiger partial charge in [0.1, 0.15) is 11.4 Å². The van der Waals surface area contributed by atoms with Gasteiger partial charge in [-0.15, -0.1) is 0 Å². The average Bonchev–Trinajstić information content (AvgIpc) is 3.02. The molecular formula is C19H16N4O2. The second-order valence-electron chi connectivity index (χ2n) is 5.69. The molecule has 0 bridgehead atoms. The van der Waals surface area contributed by atoms with Crippen molar-refractivity contribution >= 4 is 10.9 Å². The maximum Gasteiger partial charge on any atom is 0.317 e. The van der Waals surface area contributed by atoms with Gasteiger partial charge >= 0.3 is 6.01 Å². The van der Waals surface area contributed by atoms with Gasteiger partial charge in [-0.3, -0.25) is 4.68 Å². The molecule has 0 spiro atoms. The molecule has 1 N–H and O–H groups in total. The number of phenolic OH excluding ortho intramolecular Hbond substituents is 1. The minimum absolute atomic E-state index is 0.147. The molecule has 2 aromatic carbocycles. The highest BCUT2D eigenvalue weighted by Gasteiger charge is 2.18. The second kappa shape index (κ2) is 5.90. The third kappa shape index (κ3) is 2.67. The zero-order chi connectivity index (χ0) is 17.4. The van der Waals surface area contributed by atoms with Crippen molar-refractivity contribution in [3.63, 3.8) is 0 Å². The Hall–Kier alpha value is -3.41. The van der Waals surface area contributed by atoms with Gasteiger partial charge in [-0.2, -0.15) is 15.1 Å². The molecule has 6 heteroatoms. The molecule has 124 valence electrons. The number of aromatic nitrogens is 4. The Morgan fingerprint density at radius 3 is 2.56 bits per heavy atom. The number of rotatable bonds is 3. The van der Waals surface area contributed by atoms with E-state index in [-0.39, 0.29) is 11.8 Å². The van der Waals surface area contributed by atoms with Gasteiger partial charge in [0.05, 0.1) is 18.3 Å². The summed E-state index contributed by atoms with van der Waals surface area (Å²) >= 11 is 0. The summed E-state index contributed by atoms with van der Waals surface area (Å²) in [5.41, 5.74) is 4.05. The minimum Gasteiger partial charge on any atom is -0.508 e. The maximum absolute atomic E-state index is 9.77. The van der Waals surface area contributed by atoms with Crippen molar-refractivity contribution in [1.29, 1.82) is 0 Å². The lowest BCUT2D eigenvalue weighted by Gasteiger charge is -2.08. The number of hydrogen-bond acceptors (Lipinski definition) is 5. The van der Waals surface area contributed by atoms with Crippen LogP contribution in [0.5, 0.6) is 11.8 Å². The van der Waals surface area contributed by atoms with E-state index >= 15 is 0 Å². The fourth-order valence-corrected chi connectivity index (χ4v) is 2.86. The smallest absolute Gasteiger partial charge is 0.317 e. The summed E-state index contributed by atoms with van der Waals surface area (Å²) in [6, 6.07) is 15.2. The molecule has 0 aliphatic heterocycles. The van der Waals surface area contributed by atoms with E-state index in [9.17, 15) is 5.11 Å². The average molecular weight is 332 g/mol. The van der Waals surface area contributed by atoms with E-state index in [1.165, 1.54) is 7.11 Å². The zero-order valence-electron chi connectivity index (χ0n) is 13.8. The van der Waals surface area contributed by atoms with E-state index in [1.807, 2.05) is 43.6 Å². The molecule has 0 atom stereocenters. The second-order valence-corrected chi connectivity index (χ2v) is 5.69. The van der Waals surface area contributed by atoms with Crippen LogP contribution in [0.25, 0.3) is 33.4 Å². The largest absolute Gasteiger partial charge is 0.508 e. The quantitative estimate of drug-likeness (QED) is 0.622. The van der Waals surface area contributed by atoms with Gasteiger partial charge in [0.25, 0.3) is 0 Å². The van der Waals surface area contributed by atoms with E-state index in [0.29, 0.717) is 11.2 Å². The van der Waals surface area contributed by atoms with Gasteiger partial charge in [0, 0.05) is 35.8 Å². The van der Waals surface area contributed by atoms with Crippen LogP contribution in [-0.2, 0) is 7.05 Å². The van der Waals surface area contributed by atoms with Crippen LogP contribution in [-0.4, -0.2) is 32.0 Å². The summed E-state index contributed by atoms with van der Waals surface area (Å²) < 4.78 is 7.01. The van der Waals surface area contributed by atoms with Crippen molar-refractivity contribution in [3.05, 3.63) is 54.7 Å². The predicted molar refractivity (Wildman–Crippen MR) is 95.4 cm³/mol. The van der Waals surface area contributed by atoms with Gasteiger partial charge in [0.15, 0.2) is 0 Å². The molecule has 0 aliphatic carbocycles. The van der Waals surface area contributed by atoms with Crippen molar-refractivity contribution in [3.8, 4) is 34.3 Å². The van der Waals surface area contributed by atoms with Gasteiger partial charge in [-0.05, 0) is 12.1 Å². The van der Waals surface area contributed by atoms with E-state index < -0.39 is 0 Å². The summed E-state index contributed by atoms with van der Waals surface area (Å²) in [7, 11) is 3.40. The fourth-order valence-electron chi connectivity index (χ4n) is 2.86. The van der Waals surface area contributed by atoms with Crippen molar-refractivity contribution in [2.45, 2.75) is 0 Å². The van der Waals surface area contributed by atoms with Gasteiger partial charge in [-0.25, -0.2) is 0 Å². The summed E-state index contributed by atoms with van der Waals surface area (Å²) in [5.74, 6) is 0.147. The van der Waals surface area contributed by atoms with Crippen LogP contribution in [0.15, 0.2) is 54.7 Å². The Bertz CT molecular complexity index is 1060. The highest BCUT2D eigenvalue weighted by atomic mass is 16.5. The molecule has 2 aromatic heterocycles. The molecule has 0 saturated heterocycles. The lowest BCUT2D eigenvalue weighted by molar-refractivity contribution is 0.382. The highest BCUT2D eigenvalue weighted by Crippen LogP contribution is 2.35. The van der Waals surface area contributed by atoms with E-state index in [1.54, 1.807) is 22.9 Å². The summed E-state index contributed by atoms with van der Waals surface area (Å²) in [6.45, 7) is 0. The number of ether oxygens (including phenoxy) is 1. The Morgan fingerprint density at radius 2 is 1.80 bits per heavy atom. The first-order chi connectivity index (χ1) is 12.2. The third-order valence-corrected chi connectivity index (χ3v) is 3.97. The molecule has 0 radical (unpaired) electrons. The van der Waals surface area contributed by atoms with Crippen LogP contribution < -0.4 is 4.74 Å². The molecule has 4 aromatic rings. The van der Waals surface area contributed by atoms with Crippen molar-refractivity contribution < 1.29 is 9.84 Å². The first-order valence-corrected chi connectivity index (χ1v) is 7.80. The van der Waals surface area contributed by atoms with Crippen molar-refractivity contribution in [1.82, 2.24) is 19.7 Å². The number of nitrogens with zero attached hydrogens (tertiary/aromatic N) is 4. The molecule has 2 heterocycles. The fraction of sp³-hybridized carbons (Fsp3) is 0.105. The van der Waals surface area contributed by atoms with Crippen LogP contribution in [0.2, 0.25) is 0 Å². The number of aromatic hydroxyl groups is 1. The maximum atomic E-state index is 9.77. The van der Waals surface area contributed by atoms with Gasteiger partial charge in [0.2, 0.25) is 0 Å². The summed E-state index contributed by atoms with van der Waals surface area (Å²) in [5, 5.41) is 15.2. The van der Waals surface area contributed by atoms with Gasteiger partial charge in [-0.1, -0.05) is 30.3 Å². The highest BCUT2D eigenvalue weighted by molar-refractivity contribution is 5.96. The lowest BCUT2D eigenvalue weighted by atomic mass is 10.0. The molecule has 4 rings (SSSR count). The number of aryl methyl sites for hydroxylation is 1.